The summed E-state index contributed by atoms with van der Waals surface area (Å²) in [5.41, 5.74) is -1.19. The predicted octanol–water partition coefficient (Wildman–Crippen LogP) is 3.80. The van der Waals surface area contributed by atoms with Crippen molar-refractivity contribution in [2.75, 3.05) is 13.2 Å². The van der Waals surface area contributed by atoms with Crippen LogP contribution in [0, 0.1) is 5.82 Å². The molecule has 0 saturated carbocycles. The molecular weight excluding hydrogens is 410 g/mol. The van der Waals surface area contributed by atoms with E-state index >= 15 is 0 Å². The number of benzene rings is 1. The van der Waals surface area contributed by atoms with Crippen molar-refractivity contribution in [3.63, 3.8) is 0 Å². The number of aromatic nitrogens is 2. The molecule has 0 atom stereocenters. The van der Waals surface area contributed by atoms with E-state index in [1.54, 1.807) is 0 Å². The lowest BCUT2D eigenvalue weighted by Gasteiger charge is -2.24. The monoisotopic (exact) mass is 433 g/mol. The molecule has 7 nitrogen and oxygen atoms in total. The van der Waals surface area contributed by atoms with Crippen LogP contribution in [0.3, 0.4) is 0 Å². The molecule has 166 valence electrons. The molecule has 11 heteroatoms. The number of amides is 1. The van der Waals surface area contributed by atoms with E-state index in [1.807, 2.05) is 13.8 Å². The van der Waals surface area contributed by atoms with Gasteiger partial charge in [0, 0.05) is 11.1 Å². The summed E-state index contributed by atoms with van der Waals surface area (Å²) >= 11 is 0. The number of carbonyl (C=O) groups is 1. The number of halogens is 4. The largest absolute Gasteiger partial charge is 0.491 e. The maximum atomic E-state index is 14.6. The lowest BCUT2D eigenvalue weighted by Crippen LogP contribution is -2.37. The molecule has 0 radical (unpaired) electrons. The van der Waals surface area contributed by atoms with Gasteiger partial charge in [0.15, 0.2) is 0 Å². The van der Waals surface area contributed by atoms with Crippen LogP contribution in [-0.4, -0.2) is 44.8 Å². The average molecular weight is 433 g/mol. The fraction of sp³-hybridized carbons (Fsp3) is 0.526. The molecule has 0 spiro atoms. The normalized spacial score (nSPS) is 14.2. The molecule has 0 fully saturated rings. The first-order chi connectivity index (χ1) is 13.9. The molecule has 0 bridgehead atoms. The van der Waals surface area contributed by atoms with Crippen LogP contribution in [0.15, 0.2) is 16.7 Å². The van der Waals surface area contributed by atoms with Crippen molar-refractivity contribution in [3.8, 4) is 17.1 Å². The molecule has 1 aromatic carbocycles. The first kappa shape index (κ1) is 23.6. The summed E-state index contributed by atoms with van der Waals surface area (Å²) in [4.78, 5) is 16.9. The summed E-state index contributed by atoms with van der Waals surface area (Å²) in [6.07, 6.45) is -4.96. The fourth-order valence-corrected chi connectivity index (χ4v) is 2.71. The van der Waals surface area contributed by atoms with Crippen LogP contribution in [0.2, 0.25) is 0 Å². The van der Waals surface area contributed by atoms with Gasteiger partial charge in [0.05, 0.1) is 25.1 Å². The number of nitrogens with zero attached hydrogens (tertiary/aromatic N) is 3. The van der Waals surface area contributed by atoms with Crippen LogP contribution in [0.1, 0.15) is 45.6 Å². The Bertz CT molecular complexity index is 891. The van der Waals surface area contributed by atoms with Gasteiger partial charge in [0.1, 0.15) is 18.2 Å². The van der Waals surface area contributed by atoms with Gasteiger partial charge in [0.25, 0.3) is 0 Å². The quantitative estimate of drug-likeness (QED) is 0.741. The number of aliphatic hydroxyl groups is 1. The molecule has 1 N–H and O–H groups in total. The van der Waals surface area contributed by atoms with Gasteiger partial charge in [-0.25, -0.2) is 4.39 Å². The number of hydrogen-bond donors (Lipinski definition) is 1. The van der Waals surface area contributed by atoms with Gasteiger partial charge in [0.2, 0.25) is 11.7 Å². The van der Waals surface area contributed by atoms with Gasteiger partial charge in [-0.05, 0) is 26.0 Å². The van der Waals surface area contributed by atoms with Crippen molar-refractivity contribution in [2.24, 2.45) is 0 Å². The summed E-state index contributed by atoms with van der Waals surface area (Å²) in [5.74, 6) is -3.06. The van der Waals surface area contributed by atoms with Gasteiger partial charge in [-0.15, -0.1) is 0 Å². The van der Waals surface area contributed by atoms with Crippen molar-refractivity contribution in [1.29, 1.82) is 0 Å². The van der Waals surface area contributed by atoms with Crippen LogP contribution in [0.4, 0.5) is 17.6 Å². The Labute approximate surface area is 170 Å². The molecule has 2 heterocycles. The Morgan fingerprint density at radius 3 is 2.50 bits per heavy atom. The van der Waals surface area contributed by atoms with Crippen LogP contribution >= 0.6 is 0 Å². The number of carbonyl (C=O) groups excluding carboxylic acids is 1. The SMILES string of the molecule is CC.CC(C)(O)CC(=O)N1CCOc2cc(-c3noc(C(F)(F)F)n3)cc(F)c2C1. The van der Waals surface area contributed by atoms with Crippen molar-refractivity contribution in [2.45, 2.75) is 52.4 Å². The topological polar surface area (TPSA) is 88.7 Å². The second-order valence-corrected chi connectivity index (χ2v) is 7.01. The van der Waals surface area contributed by atoms with E-state index in [2.05, 4.69) is 14.7 Å². The Morgan fingerprint density at radius 2 is 1.93 bits per heavy atom. The van der Waals surface area contributed by atoms with Crippen LogP contribution in [0.25, 0.3) is 11.4 Å². The van der Waals surface area contributed by atoms with E-state index in [1.165, 1.54) is 24.8 Å². The molecule has 1 amide bonds. The Hall–Kier alpha value is -2.69. The molecule has 0 aliphatic carbocycles. The third-order valence-electron chi connectivity index (χ3n) is 3.99. The Morgan fingerprint density at radius 1 is 1.27 bits per heavy atom. The summed E-state index contributed by atoms with van der Waals surface area (Å²) in [6.45, 7) is 7.09. The van der Waals surface area contributed by atoms with Gasteiger partial charge in [-0.3, -0.25) is 4.79 Å². The highest BCUT2D eigenvalue weighted by Crippen LogP contribution is 2.33. The highest BCUT2D eigenvalue weighted by molar-refractivity contribution is 5.77. The lowest BCUT2D eigenvalue weighted by molar-refractivity contribution is -0.159. The molecule has 30 heavy (non-hydrogen) atoms. The summed E-state index contributed by atoms with van der Waals surface area (Å²) in [7, 11) is 0. The molecule has 1 aliphatic rings. The molecule has 1 aromatic heterocycles. The van der Waals surface area contributed by atoms with Crippen LogP contribution in [0.5, 0.6) is 5.75 Å². The first-order valence-corrected chi connectivity index (χ1v) is 9.31. The summed E-state index contributed by atoms with van der Waals surface area (Å²) in [6, 6.07) is 2.25. The molecular formula is C19H23F4N3O4. The third-order valence-corrected chi connectivity index (χ3v) is 3.99. The minimum atomic E-state index is -4.81. The summed E-state index contributed by atoms with van der Waals surface area (Å²) < 4.78 is 62.1. The van der Waals surface area contributed by atoms with Gasteiger partial charge in [-0.1, -0.05) is 19.0 Å². The highest BCUT2D eigenvalue weighted by Gasteiger charge is 2.38. The standard InChI is InChI=1S/C17H17F4N3O4.C2H6/c1-16(2,26)7-13(25)24-3-4-27-12-6-9(5-11(18)10(12)8-24)14-22-15(28-23-14)17(19,20)21;1-2/h5-6,26H,3-4,7-8H2,1-2H3;1-2H3. The van der Waals surface area contributed by atoms with Gasteiger partial charge < -0.3 is 19.3 Å². The van der Waals surface area contributed by atoms with E-state index in [9.17, 15) is 27.5 Å². The van der Waals surface area contributed by atoms with Crippen molar-refractivity contribution >= 4 is 5.91 Å². The van der Waals surface area contributed by atoms with Gasteiger partial charge >= 0.3 is 12.1 Å². The van der Waals surface area contributed by atoms with Crippen molar-refractivity contribution in [1.82, 2.24) is 15.0 Å². The zero-order valence-electron chi connectivity index (χ0n) is 17.0. The molecule has 0 saturated heterocycles. The number of fused-ring (bicyclic) bond motifs is 1. The molecule has 1 aliphatic heterocycles. The maximum Gasteiger partial charge on any atom is 0.471 e. The van der Waals surface area contributed by atoms with E-state index in [0.29, 0.717) is 0 Å². The van der Waals surface area contributed by atoms with Crippen molar-refractivity contribution < 1.29 is 36.7 Å². The fourth-order valence-electron chi connectivity index (χ4n) is 2.71. The number of hydrogen-bond acceptors (Lipinski definition) is 6. The average Bonchev–Trinajstić information content (AvgIpc) is 3.03. The predicted molar refractivity (Wildman–Crippen MR) is 97.9 cm³/mol. The molecule has 3 rings (SSSR count). The first-order valence-electron chi connectivity index (χ1n) is 9.31. The second-order valence-electron chi connectivity index (χ2n) is 7.01. The lowest BCUT2D eigenvalue weighted by atomic mass is 10.0. The summed E-state index contributed by atoms with van der Waals surface area (Å²) in [5, 5.41) is 13.0. The number of alkyl halides is 3. The Balaban J connectivity index is 0.00000155. The maximum absolute atomic E-state index is 14.6. The van der Waals surface area contributed by atoms with Gasteiger partial charge in [-0.2, -0.15) is 18.2 Å². The van der Waals surface area contributed by atoms with Crippen LogP contribution in [-0.2, 0) is 17.5 Å². The smallest absolute Gasteiger partial charge is 0.471 e. The highest BCUT2D eigenvalue weighted by atomic mass is 19.4. The van der Waals surface area contributed by atoms with E-state index < -0.39 is 29.3 Å². The van der Waals surface area contributed by atoms with E-state index in [0.717, 1.165) is 6.07 Å². The zero-order valence-corrected chi connectivity index (χ0v) is 17.0. The number of ether oxygens (including phenoxy) is 1. The third kappa shape index (κ3) is 5.68. The molecule has 2 aromatic rings. The minimum Gasteiger partial charge on any atom is -0.491 e. The van der Waals surface area contributed by atoms with Crippen molar-refractivity contribution in [3.05, 3.63) is 29.4 Å². The minimum absolute atomic E-state index is 0.0491. The number of rotatable bonds is 3. The van der Waals surface area contributed by atoms with E-state index in [4.69, 9.17) is 4.74 Å². The second kappa shape index (κ2) is 8.99. The molecule has 0 unspecified atom stereocenters. The zero-order chi connectivity index (χ0) is 22.7. The van der Waals surface area contributed by atoms with E-state index in [-0.39, 0.29) is 48.9 Å². The van der Waals surface area contributed by atoms with Crippen LogP contribution < -0.4 is 4.74 Å². The Kier molecular flexibility index (Phi) is 7.06.